The van der Waals surface area contributed by atoms with Gasteiger partial charge >= 0.3 is 0 Å². The number of phenols is 1. The Kier molecular flexibility index (Phi) is 3.75. The highest BCUT2D eigenvalue weighted by Crippen LogP contribution is 2.60. The molecule has 0 aliphatic heterocycles. The first-order valence-corrected chi connectivity index (χ1v) is 10.0. The zero-order valence-electron chi connectivity index (χ0n) is 15.7. The lowest BCUT2D eigenvalue weighted by Gasteiger charge is -2.48. The highest BCUT2D eigenvalue weighted by atomic mass is 16.3. The van der Waals surface area contributed by atoms with E-state index in [1.807, 2.05) is 24.3 Å². The molecule has 1 N–H and O–H groups in total. The zero-order chi connectivity index (χ0) is 18.6. The average Bonchev–Trinajstić information content (AvgIpc) is 2.93. The van der Waals surface area contributed by atoms with E-state index in [1.54, 1.807) is 12.4 Å². The van der Waals surface area contributed by atoms with E-state index in [0.717, 1.165) is 43.2 Å². The van der Waals surface area contributed by atoms with Gasteiger partial charge in [-0.1, -0.05) is 13.0 Å². The lowest BCUT2D eigenvalue weighted by Crippen LogP contribution is -2.42. The van der Waals surface area contributed by atoms with E-state index in [-0.39, 0.29) is 5.41 Å². The fraction of sp³-hybridized carbons (Fsp3) is 0.417. The summed E-state index contributed by atoms with van der Waals surface area (Å²) in [5.41, 5.74) is 4.55. The number of nitrogens with zero attached hydrogens (tertiary/aromatic N) is 1. The summed E-state index contributed by atoms with van der Waals surface area (Å²) in [5, 5.41) is 9.83. The van der Waals surface area contributed by atoms with Gasteiger partial charge < -0.3 is 5.11 Å². The Hall–Kier alpha value is -2.42. The standard InChI is InChI=1S/C24H25NO2/c1-24-9-6-20-19-5-3-18(26)13-16(19)2-4-21(20)22(24)14-17(23(24)27)12-15-7-10-25-11-8-15/h3,5,7-8,10-13,20-22,26H,2,4,6,9,14H2,1H3/t20?,21?,22?,24-/m0/s1. The number of hydrogen-bond donors (Lipinski definition) is 1. The van der Waals surface area contributed by atoms with Crippen LogP contribution in [-0.4, -0.2) is 15.9 Å². The molecule has 1 aromatic carbocycles. The molecular weight excluding hydrogens is 334 g/mol. The third kappa shape index (κ3) is 2.55. The SMILES string of the molecule is C[C@]12CCC3c4ccc(O)cc4CCC3C1CC(=Cc1ccncc1)C2=O. The molecule has 3 heteroatoms. The fourth-order valence-corrected chi connectivity index (χ4v) is 6.03. The maximum Gasteiger partial charge on any atom is 0.165 e. The number of fused-ring (bicyclic) bond motifs is 5. The molecule has 0 radical (unpaired) electrons. The number of aromatic hydroxyl groups is 1. The van der Waals surface area contributed by atoms with Crippen LogP contribution in [0, 0.1) is 17.3 Å². The molecule has 0 amide bonds. The van der Waals surface area contributed by atoms with Crippen LogP contribution in [0.1, 0.15) is 55.2 Å². The van der Waals surface area contributed by atoms with Crippen LogP contribution in [0.15, 0.2) is 48.3 Å². The summed E-state index contributed by atoms with van der Waals surface area (Å²) in [6.45, 7) is 2.20. The van der Waals surface area contributed by atoms with Crippen LogP contribution in [0.4, 0.5) is 0 Å². The molecule has 5 rings (SSSR count). The number of hydrogen-bond acceptors (Lipinski definition) is 3. The number of carbonyl (C=O) groups excluding carboxylic acids is 1. The largest absolute Gasteiger partial charge is 0.508 e. The number of ketones is 1. The van der Waals surface area contributed by atoms with Gasteiger partial charge in [-0.3, -0.25) is 9.78 Å². The van der Waals surface area contributed by atoms with Gasteiger partial charge in [-0.05, 0) is 102 Å². The third-order valence-electron chi connectivity index (χ3n) is 7.40. The lowest BCUT2D eigenvalue weighted by atomic mass is 9.55. The molecule has 3 aliphatic rings. The molecule has 2 aromatic rings. The quantitative estimate of drug-likeness (QED) is 0.736. The summed E-state index contributed by atoms with van der Waals surface area (Å²) < 4.78 is 0. The number of benzene rings is 1. The molecule has 3 unspecified atom stereocenters. The molecule has 0 spiro atoms. The molecule has 1 heterocycles. The van der Waals surface area contributed by atoms with Crippen LogP contribution in [0.5, 0.6) is 5.75 Å². The van der Waals surface area contributed by atoms with Crippen LogP contribution in [0.2, 0.25) is 0 Å². The number of allylic oxidation sites excluding steroid dienone is 1. The first-order valence-electron chi connectivity index (χ1n) is 10.0. The van der Waals surface area contributed by atoms with Gasteiger partial charge in [-0.2, -0.15) is 0 Å². The van der Waals surface area contributed by atoms with Crippen molar-refractivity contribution in [3.63, 3.8) is 0 Å². The van der Waals surface area contributed by atoms with Gasteiger partial charge in [0.15, 0.2) is 5.78 Å². The average molecular weight is 359 g/mol. The van der Waals surface area contributed by atoms with Crippen LogP contribution in [-0.2, 0) is 11.2 Å². The Morgan fingerprint density at radius 2 is 2.00 bits per heavy atom. The molecule has 27 heavy (non-hydrogen) atoms. The summed E-state index contributed by atoms with van der Waals surface area (Å²) in [7, 11) is 0. The van der Waals surface area contributed by atoms with Crippen LogP contribution in [0.25, 0.3) is 6.08 Å². The minimum atomic E-state index is -0.214. The predicted molar refractivity (Wildman–Crippen MR) is 105 cm³/mol. The summed E-state index contributed by atoms with van der Waals surface area (Å²) >= 11 is 0. The van der Waals surface area contributed by atoms with E-state index >= 15 is 0 Å². The van der Waals surface area contributed by atoms with Gasteiger partial charge in [-0.25, -0.2) is 0 Å². The minimum absolute atomic E-state index is 0.214. The maximum atomic E-state index is 13.3. The smallest absolute Gasteiger partial charge is 0.165 e. The monoisotopic (exact) mass is 359 g/mol. The van der Waals surface area contributed by atoms with Crippen molar-refractivity contribution in [3.05, 3.63) is 65.0 Å². The number of phenolic OH excluding ortho intramolecular Hbond substituents is 1. The maximum absolute atomic E-state index is 13.3. The second-order valence-corrected chi connectivity index (χ2v) is 8.74. The van der Waals surface area contributed by atoms with Crippen molar-refractivity contribution in [2.45, 2.75) is 44.9 Å². The van der Waals surface area contributed by atoms with Crippen molar-refractivity contribution in [1.29, 1.82) is 0 Å². The molecule has 3 nitrogen and oxygen atoms in total. The van der Waals surface area contributed by atoms with Gasteiger partial charge in [0.2, 0.25) is 0 Å². The van der Waals surface area contributed by atoms with Crippen LogP contribution in [0.3, 0.4) is 0 Å². The number of pyridine rings is 1. The number of Topliss-reactive ketones (excluding diaryl/α,β-unsaturated/α-hetero) is 1. The molecule has 4 atom stereocenters. The molecule has 2 saturated carbocycles. The van der Waals surface area contributed by atoms with E-state index < -0.39 is 0 Å². The second-order valence-electron chi connectivity index (χ2n) is 8.74. The Labute approximate surface area is 160 Å². The van der Waals surface area contributed by atoms with Gasteiger partial charge in [0.25, 0.3) is 0 Å². The van der Waals surface area contributed by atoms with Crippen molar-refractivity contribution in [1.82, 2.24) is 4.98 Å². The lowest BCUT2D eigenvalue weighted by molar-refractivity contribution is -0.127. The van der Waals surface area contributed by atoms with Crippen molar-refractivity contribution in [3.8, 4) is 5.75 Å². The number of rotatable bonds is 1. The second kappa shape index (κ2) is 6.05. The van der Waals surface area contributed by atoms with Crippen molar-refractivity contribution in [2.75, 3.05) is 0 Å². The van der Waals surface area contributed by atoms with Crippen molar-refractivity contribution >= 4 is 11.9 Å². The molecule has 2 fully saturated rings. The van der Waals surface area contributed by atoms with Crippen LogP contribution < -0.4 is 0 Å². The molecular formula is C24H25NO2. The van der Waals surface area contributed by atoms with Gasteiger partial charge in [0.05, 0.1) is 0 Å². The summed E-state index contributed by atoms with van der Waals surface area (Å²) in [6, 6.07) is 9.82. The van der Waals surface area contributed by atoms with Crippen LogP contribution >= 0.6 is 0 Å². The van der Waals surface area contributed by atoms with Gasteiger partial charge in [-0.15, -0.1) is 0 Å². The van der Waals surface area contributed by atoms with E-state index in [1.165, 1.54) is 11.1 Å². The Morgan fingerprint density at radius 3 is 2.81 bits per heavy atom. The first kappa shape index (κ1) is 16.7. The highest BCUT2D eigenvalue weighted by molar-refractivity contribution is 6.05. The Morgan fingerprint density at radius 1 is 1.19 bits per heavy atom. The van der Waals surface area contributed by atoms with E-state index in [9.17, 15) is 9.90 Å². The predicted octanol–water partition coefficient (Wildman–Crippen LogP) is 4.91. The van der Waals surface area contributed by atoms with Gasteiger partial charge in [0.1, 0.15) is 5.75 Å². The molecule has 0 saturated heterocycles. The molecule has 138 valence electrons. The van der Waals surface area contributed by atoms with Crippen molar-refractivity contribution < 1.29 is 9.90 Å². The van der Waals surface area contributed by atoms with Gasteiger partial charge in [0, 0.05) is 17.8 Å². The zero-order valence-corrected chi connectivity index (χ0v) is 15.7. The van der Waals surface area contributed by atoms with E-state index in [0.29, 0.717) is 29.3 Å². The third-order valence-corrected chi connectivity index (χ3v) is 7.40. The molecule has 1 aromatic heterocycles. The topological polar surface area (TPSA) is 50.2 Å². The van der Waals surface area contributed by atoms with Crippen molar-refractivity contribution in [2.24, 2.45) is 17.3 Å². The molecule has 0 bridgehead atoms. The first-order chi connectivity index (χ1) is 13.1. The summed E-state index contributed by atoms with van der Waals surface area (Å²) in [5.74, 6) is 2.25. The number of aryl methyl sites for hydroxylation is 1. The number of carbonyl (C=O) groups is 1. The Balaban J connectivity index is 1.50. The normalized spacial score (nSPS) is 33.4. The number of aromatic nitrogens is 1. The van der Waals surface area contributed by atoms with E-state index in [2.05, 4.69) is 24.1 Å². The summed E-state index contributed by atoms with van der Waals surface area (Å²) in [4.78, 5) is 17.4. The fourth-order valence-electron chi connectivity index (χ4n) is 6.03. The molecule has 3 aliphatic carbocycles. The summed E-state index contributed by atoms with van der Waals surface area (Å²) in [6.07, 6.45) is 10.7. The van der Waals surface area contributed by atoms with E-state index in [4.69, 9.17) is 0 Å². The highest BCUT2D eigenvalue weighted by Gasteiger charge is 2.56. The minimum Gasteiger partial charge on any atom is -0.508 e. The Bertz CT molecular complexity index is 933.